The van der Waals surface area contributed by atoms with Gasteiger partial charge in [0.2, 0.25) is 5.91 Å². The molecule has 2 aliphatic heterocycles. The van der Waals surface area contributed by atoms with Crippen molar-refractivity contribution in [3.05, 3.63) is 53.7 Å². The van der Waals surface area contributed by atoms with Crippen LogP contribution in [-0.4, -0.2) is 53.3 Å². The van der Waals surface area contributed by atoms with E-state index in [-0.39, 0.29) is 29.7 Å². The molecule has 2 fully saturated rings. The van der Waals surface area contributed by atoms with Crippen molar-refractivity contribution in [1.82, 2.24) is 14.8 Å². The van der Waals surface area contributed by atoms with Crippen molar-refractivity contribution >= 4 is 17.6 Å². The standard InChI is InChI=1S/C21H24N4O3/c1-13(26)25-11-15-10-24(21(27)18-4-3-5-19(22)23-18)12-17(15)20(25)14-6-8-16(28-2)9-7-14/h3-9,15,17,20H,10-12H2,1-2H3,(H2,22,23)/t15-,17-,20+/m1/s1. The number of carbonyl (C=O) groups excluding carboxylic acids is 2. The van der Waals surface area contributed by atoms with Crippen LogP contribution in [0.25, 0.3) is 0 Å². The van der Waals surface area contributed by atoms with Gasteiger partial charge in [-0.05, 0) is 29.8 Å². The molecular formula is C21H24N4O3. The van der Waals surface area contributed by atoms with E-state index >= 15 is 0 Å². The first-order valence-corrected chi connectivity index (χ1v) is 9.41. The summed E-state index contributed by atoms with van der Waals surface area (Å²) in [5, 5.41) is 0. The zero-order chi connectivity index (χ0) is 19.8. The number of benzene rings is 1. The number of carbonyl (C=O) groups is 2. The minimum absolute atomic E-state index is 0.0417. The summed E-state index contributed by atoms with van der Waals surface area (Å²) < 4.78 is 5.25. The third kappa shape index (κ3) is 3.17. The van der Waals surface area contributed by atoms with Crippen molar-refractivity contribution < 1.29 is 14.3 Å². The van der Waals surface area contributed by atoms with Gasteiger partial charge in [-0.3, -0.25) is 9.59 Å². The maximum atomic E-state index is 12.9. The van der Waals surface area contributed by atoms with Gasteiger partial charge in [-0.2, -0.15) is 0 Å². The fourth-order valence-corrected chi connectivity index (χ4v) is 4.50. The normalized spacial score (nSPS) is 23.6. The highest BCUT2D eigenvalue weighted by atomic mass is 16.5. The van der Waals surface area contributed by atoms with Crippen LogP contribution in [0.3, 0.4) is 0 Å². The Balaban J connectivity index is 1.58. The third-order valence-corrected chi connectivity index (χ3v) is 5.80. The summed E-state index contributed by atoms with van der Waals surface area (Å²) in [6, 6.07) is 12.9. The molecule has 0 spiro atoms. The number of pyridine rings is 1. The summed E-state index contributed by atoms with van der Waals surface area (Å²) in [5.41, 5.74) is 7.16. The Morgan fingerprint density at radius 2 is 1.86 bits per heavy atom. The molecule has 3 heterocycles. The second-order valence-electron chi connectivity index (χ2n) is 7.47. The summed E-state index contributed by atoms with van der Waals surface area (Å²) in [5.74, 6) is 1.52. The Hall–Kier alpha value is -3.09. The molecule has 2 N–H and O–H groups in total. The predicted octanol–water partition coefficient (Wildman–Crippen LogP) is 1.96. The van der Waals surface area contributed by atoms with Crippen molar-refractivity contribution in [2.75, 3.05) is 32.5 Å². The Kier molecular flexibility index (Phi) is 4.66. The van der Waals surface area contributed by atoms with Crippen LogP contribution < -0.4 is 10.5 Å². The number of rotatable bonds is 3. The van der Waals surface area contributed by atoms with Crippen LogP contribution in [0.2, 0.25) is 0 Å². The summed E-state index contributed by atoms with van der Waals surface area (Å²) in [7, 11) is 1.63. The molecule has 2 saturated heterocycles. The minimum Gasteiger partial charge on any atom is -0.497 e. The number of hydrogen-bond acceptors (Lipinski definition) is 5. The summed E-state index contributed by atoms with van der Waals surface area (Å²) in [6.07, 6.45) is 0. The Morgan fingerprint density at radius 1 is 1.11 bits per heavy atom. The summed E-state index contributed by atoms with van der Waals surface area (Å²) in [6.45, 7) is 3.48. The third-order valence-electron chi connectivity index (χ3n) is 5.80. The molecule has 3 atom stereocenters. The van der Waals surface area contributed by atoms with Gasteiger partial charge in [-0.1, -0.05) is 18.2 Å². The van der Waals surface area contributed by atoms with Crippen molar-refractivity contribution in [2.45, 2.75) is 13.0 Å². The molecule has 0 unspecified atom stereocenters. The van der Waals surface area contributed by atoms with Gasteiger partial charge in [0, 0.05) is 38.4 Å². The predicted molar refractivity (Wildman–Crippen MR) is 105 cm³/mol. The quantitative estimate of drug-likeness (QED) is 0.879. The minimum atomic E-state index is -0.107. The van der Waals surface area contributed by atoms with Crippen LogP contribution in [0.4, 0.5) is 5.82 Å². The summed E-state index contributed by atoms with van der Waals surface area (Å²) in [4.78, 5) is 33.1. The molecular weight excluding hydrogens is 356 g/mol. The van der Waals surface area contributed by atoms with Gasteiger partial charge in [0.25, 0.3) is 5.91 Å². The van der Waals surface area contributed by atoms with Crippen LogP contribution in [0.5, 0.6) is 5.75 Å². The average Bonchev–Trinajstić information content (AvgIpc) is 3.25. The van der Waals surface area contributed by atoms with Gasteiger partial charge in [0.15, 0.2) is 0 Å². The van der Waals surface area contributed by atoms with E-state index in [1.807, 2.05) is 34.1 Å². The molecule has 2 aromatic rings. The van der Waals surface area contributed by atoms with Crippen molar-refractivity contribution in [3.8, 4) is 5.75 Å². The van der Waals surface area contributed by atoms with E-state index in [9.17, 15) is 9.59 Å². The highest BCUT2D eigenvalue weighted by Gasteiger charge is 2.49. The van der Waals surface area contributed by atoms with E-state index in [1.54, 1.807) is 32.2 Å². The largest absolute Gasteiger partial charge is 0.497 e. The monoisotopic (exact) mass is 380 g/mol. The van der Waals surface area contributed by atoms with E-state index in [0.717, 1.165) is 11.3 Å². The second kappa shape index (κ2) is 7.14. The van der Waals surface area contributed by atoms with Crippen molar-refractivity contribution in [3.63, 3.8) is 0 Å². The molecule has 4 rings (SSSR count). The lowest BCUT2D eigenvalue weighted by Crippen LogP contribution is -2.36. The number of anilines is 1. The molecule has 28 heavy (non-hydrogen) atoms. The van der Waals surface area contributed by atoms with Crippen LogP contribution in [-0.2, 0) is 4.79 Å². The smallest absolute Gasteiger partial charge is 0.272 e. The Morgan fingerprint density at radius 3 is 2.50 bits per heavy atom. The van der Waals surface area contributed by atoms with Gasteiger partial charge in [0.1, 0.15) is 17.3 Å². The fourth-order valence-electron chi connectivity index (χ4n) is 4.50. The molecule has 7 nitrogen and oxygen atoms in total. The highest BCUT2D eigenvalue weighted by Crippen LogP contribution is 2.45. The van der Waals surface area contributed by atoms with Crippen LogP contribution in [0.15, 0.2) is 42.5 Å². The molecule has 0 aliphatic carbocycles. The Bertz CT molecular complexity index is 899. The zero-order valence-electron chi connectivity index (χ0n) is 16.0. The number of methoxy groups -OCH3 is 1. The average molecular weight is 380 g/mol. The molecule has 0 bridgehead atoms. The molecule has 1 aromatic heterocycles. The number of likely N-dealkylation sites (tertiary alicyclic amines) is 2. The molecule has 7 heteroatoms. The lowest BCUT2D eigenvalue weighted by molar-refractivity contribution is -0.130. The van der Waals surface area contributed by atoms with Crippen molar-refractivity contribution in [1.29, 1.82) is 0 Å². The molecule has 146 valence electrons. The number of ether oxygens (including phenoxy) is 1. The maximum Gasteiger partial charge on any atom is 0.272 e. The molecule has 2 aliphatic rings. The number of fused-ring (bicyclic) bond motifs is 1. The van der Waals surface area contributed by atoms with Crippen LogP contribution in [0, 0.1) is 11.8 Å². The van der Waals surface area contributed by atoms with Crippen LogP contribution >= 0.6 is 0 Å². The zero-order valence-corrected chi connectivity index (χ0v) is 16.0. The number of nitrogens with two attached hydrogens (primary N) is 1. The first-order valence-electron chi connectivity index (χ1n) is 9.41. The van der Waals surface area contributed by atoms with Crippen LogP contribution in [0.1, 0.15) is 29.0 Å². The van der Waals surface area contributed by atoms with E-state index in [2.05, 4.69) is 4.98 Å². The fraction of sp³-hybridized carbons (Fsp3) is 0.381. The lowest BCUT2D eigenvalue weighted by atomic mass is 9.89. The molecule has 1 aromatic carbocycles. The first-order chi connectivity index (χ1) is 13.5. The van der Waals surface area contributed by atoms with E-state index < -0.39 is 0 Å². The van der Waals surface area contributed by atoms with Gasteiger partial charge in [-0.25, -0.2) is 4.98 Å². The van der Waals surface area contributed by atoms with Gasteiger partial charge in [0.05, 0.1) is 13.2 Å². The molecule has 2 amide bonds. The maximum absolute atomic E-state index is 12.9. The number of nitrogens with zero attached hydrogens (tertiary/aromatic N) is 3. The SMILES string of the molecule is COc1ccc([C@H]2[C@@H]3CN(C(=O)c4cccc(N)n4)C[C@@H]3CN2C(C)=O)cc1. The summed E-state index contributed by atoms with van der Waals surface area (Å²) >= 11 is 0. The lowest BCUT2D eigenvalue weighted by Gasteiger charge is -2.29. The molecule has 0 saturated carbocycles. The van der Waals surface area contributed by atoms with E-state index in [0.29, 0.717) is 31.1 Å². The van der Waals surface area contributed by atoms with Gasteiger partial charge < -0.3 is 20.3 Å². The van der Waals surface area contributed by atoms with Crippen molar-refractivity contribution in [2.24, 2.45) is 11.8 Å². The van der Waals surface area contributed by atoms with E-state index in [1.165, 1.54) is 0 Å². The number of aromatic nitrogens is 1. The first kappa shape index (κ1) is 18.3. The number of nitrogen functional groups attached to an aromatic ring is 1. The van der Waals surface area contributed by atoms with Gasteiger partial charge >= 0.3 is 0 Å². The van der Waals surface area contributed by atoms with E-state index in [4.69, 9.17) is 10.5 Å². The number of hydrogen-bond donors (Lipinski definition) is 1. The molecule has 0 radical (unpaired) electrons. The Labute approximate surface area is 164 Å². The second-order valence-corrected chi connectivity index (χ2v) is 7.47. The topological polar surface area (TPSA) is 88.8 Å². The highest BCUT2D eigenvalue weighted by molar-refractivity contribution is 5.93. The number of amides is 2. The van der Waals surface area contributed by atoms with Gasteiger partial charge in [-0.15, -0.1) is 0 Å².